The van der Waals surface area contributed by atoms with Crippen molar-refractivity contribution in [1.29, 1.82) is 0 Å². The van der Waals surface area contributed by atoms with Gasteiger partial charge in [0.05, 0.1) is 5.97 Å². The van der Waals surface area contributed by atoms with Crippen LogP contribution >= 0.6 is 0 Å². The fourth-order valence-corrected chi connectivity index (χ4v) is 1.71. The van der Waals surface area contributed by atoms with E-state index in [1.54, 1.807) is 0 Å². The van der Waals surface area contributed by atoms with Crippen LogP contribution in [-0.2, 0) is 14.4 Å². The van der Waals surface area contributed by atoms with Crippen LogP contribution in [0.25, 0.3) is 0 Å². The molecule has 0 unspecified atom stereocenters. The molecule has 22 heavy (non-hydrogen) atoms. The molecule has 0 radical (unpaired) electrons. The van der Waals surface area contributed by atoms with Gasteiger partial charge in [-0.3, -0.25) is 0 Å². The first-order valence-corrected chi connectivity index (χ1v) is 7.53. The molecule has 0 atom stereocenters. The van der Waals surface area contributed by atoms with Crippen molar-refractivity contribution in [3.63, 3.8) is 0 Å². The summed E-state index contributed by atoms with van der Waals surface area (Å²) in [7, 11) is 0. The molecule has 7 heteroatoms. The number of rotatable bonds is 11. The summed E-state index contributed by atoms with van der Waals surface area (Å²) in [4.78, 5) is 30.0. The summed E-state index contributed by atoms with van der Waals surface area (Å²) in [5.41, 5.74) is -2.97. The molecule has 0 aliphatic rings. The van der Waals surface area contributed by atoms with Gasteiger partial charge in [0.25, 0.3) is 0 Å². The van der Waals surface area contributed by atoms with Gasteiger partial charge in [-0.1, -0.05) is 58.8 Å². The van der Waals surface area contributed by atoms with Crippen LogP contribution < -0.4 is 15.3 Å². The highest BCUT2D eigenvalue weighted by molar-refractivity contribution is 5.86. The Labute approximate surface area is 131 Å². The Morgan fingerprint density at radius 2 is 1.09 bits per heavy atom. The molecule has 0 saturated carbocycles. The van der Waals surface area contributed by atoms with E-state index in [-0.39, 0.29) is 0 Å². The number of hydrogen-bond acceptors (Lipinski definition) is 7. The first kappa shape index (κ1) is 22.6. The Kier molecular flexibility index (Phi) is 13.4. The second-order valence-electron chi connectivity index (χ2n) is 5.18. The molecule has 0 spiro atoms. The minimum absolute atomic E-state index is 1.36. The number of aliphatic hydroxyl groups is 1. The molecule has 0 aliphatic carbocycles. The zero-order valence-electron chi connectivity index (χ0n) is 13.3. The number of carboxylic acids is 3. The second-order valence-corrected chi connectivity index (χ2v) is 5.18. The van der Waals surface area contributed by atoms with Gasteiger partial charge in [-0.2, -0.15) is 0 Å². The van der Waals surface area contributed by atoms with Crippen LogP contribution in [0, 0.1) is 0 Å². The molecule has 0 heterocycles. The predicted molar refractivity (Wildman–Crippen MR) is 72.9 cm³/mol. The summed E-state index contributed by atoms with van der Waals surface area (Å²) < 4.78 is 0. The van der Waals surface area contributed by atoms with Gasteiger partial charge >= 0.3 is 0 Å². The van der Waals surface area contributed by atoms with Gasteiger partial charge in [0, 0.05) is 24.8 Å². The molecule has 0 aromatic heterocycles. The number of carboxylic acid groups (broad SMARTS) is 3. The molecular formula is C15H25O7-3. The average molecular weight is 317 g/mol. The van der Waals surface area contributed by atoms with Crippen LogP contribution in [0.5, 0.6) is 0 Å². The SMILES string of the molecule is CCCCCCCCC.O=C([O-])CC(O)(CC(=O)[O-])C(=O)[O-]. The van der Waals surface area contributed by atoms with Crippen molar-refractivity contribution in [3.05, 3.63) is 0 Å². The normalized spacial score (nSPS) is 10.5. The zero-order valence-corrected chi connectivity index (χ0v) is 13.3. The van der Waals surface area contributed by atoms with E-state index in [1.165, 1.54) is 44.9 Å². The van der Waals surface area contributed by atoms with Crippen molar-refractivity contribution < 1.29 is 34.8 Å². The van der Waals surface area contributed by atoms with Crippen LogP contribution in [0.2, 0.25) is 0 Å². The summed E-state index contributed by atoms with van der Waals surface area (Å²) in [6.07, 6.45) is 7.26. The highest BCUT2D eigenvalue weighted by Crippen LogP contribution is 2.13. The first-order valence-electron chi connectivity index (χ1n) is 7.53. The van der Waals surface area contributed by atoms with Gasteiger partial charge in [-0.15, -0.1) is 0 Å². The van der Waals surface area contributed by atoms with Gasteiger partial charge in [0.1, 0.15) is 5.60 Å². The summed E-state index contributed by atoms with van der Waals surface area (Å²) in [6, 6.07) is 0. The van der Waals surface area contributed by atoms with Crippen molar-refractivity contribution in [3.8, 4) is 0 Å². The molecule has 0 aromatic carbocycles. The van der Waals surface area contributed by atoms with E-state index in [9.17, 15) is 29.7 Å². The van der Waals surface area contributed by atoms with E-state index < -0.39 is 36.4 Å². The third kappa shape index (κ3) is 13.4. The standard InChI is InChI=1S/C9H20.C6H8O7/c1-3-5-7-9-8-6-4-2;7-3(8)1-6(13,5(11)12)2-4(9)10/h3-9H2,1-2H3;13H,1-2H2,(H,7,8)(H,9,10)(H,11,12)/p-3. The van der Waals surface area contributed by atoms with Crippen LogP contribution in [0.4, 0.5) is 0 Å². The fraction of sp³-hybridized carbons (Fsp3) is 0.800. The van der Waals surface area contributed by atoms with Crippen LogP contribution in [-0.4, -0.2) is 28.6 Å². The van der Waals surface area contributed by atoms with Crippen molar-refractivity contribution in [2.45, 2.75) is 77.2 Å². The van der Waals surface area contributed by atoms with Crippen molar-refractivity contribution in [2.24, 2.45) is 0 Å². The van der Waals surface area contributed by atoms with E-state index in [4.69, 9.17) is 5.11 Å². The molecule has 1 N–H and O–H groups in total. The third-order valence-electron chi connectivity index (χ3n) is 2.96. The molecule has 0 fully saturated rings. The smallest absolute Gasteiger partial charge is 0.114 e. The maximum atomic E-state index is 10.1. The minimum Gasteiger partial charge on any atom is -0.550 e. The summed E-state index contributed by atoms with van der Waals surface area (Å²) in [5, 5.41) is 38.9. The van der Waals surface area contributed by atoms with Crippen LogP contribution in [0.3, 0.4) is 0 Å². The van der Waals surface area contributed by atoms with E-state index in [0.29, 0.717) is 0 Å². The highest BCUT2D eigenvalue weighted by atomic mass is 16.4. The fourth-order valence-electron chi connectivity index (χ4n) is 1.71. The van der Waals surface area contributed by atoms with Gasteiger partial charge in [-0.25, -0.2) is 0 Å². The lowest BCUT2D eigenvalue weighted by molar-refractivity contribution is -0.339. The first-order chi connectivity index (χ1) is 10.2. The quantitative estimate of drug-likeness (QED) is 0.457. The molecule has 7 nitrogen and oxygen atoms in total. The second kappa shape index (κ2) is 13.1. The van der Waals surface area contributed by atoms with Gasteiger partial charge < -0.3 is 34.8 Å². The number of carbonyl (C=O) groups excluding carboxylic acids is 3. The molecule has 0 aromatic rings. The maximum absolute atomic E-state index is 10.1. The van der Waals surface area contributed by atoms with Gasteiger partial charge in [0.2, 0.25) is 0 Å². The molecular weight excluding hydrogens is 292 g/mol. The van der Waals surface area contributed by atoms with Crippen molar-refractivity contribution >= 4 is 17.9 Å². The summed E-state index contributed by atoms with van der Waals surface area (Å²) >= 11 is 0. The predicted octanol–water partition coefficient (Wildman–Crippen LogP) is -1.50. The number of hydrogen-bond donors (Lipinski definition) is 1. The van der Waals surface area contributed by atoms with E-state index in [0.717, 1.165) is 0 Å². The van der Waals surface area contributed by atoms with E-state index in [2.05, 4.69) is 13.8 Å². The van der Waals surface area contributed by atoms with Crippen LogP contribution in [0.15, 0.2) is 0 Å². The Morgan fingerprint density at radius 3 is 1.32 bits per heavy atom. The monoisotopic (exact) mass is 317 g/mol. The molecule has 0 saturated heterocycles. The molecule has 130 valence electrons. The lowest BCUT2D eigenvalue weighted by atomic mass is 9.96. The molecule has 0 rings (SSSR count). The zero-order chi connectivity index (χ0) is 17.6. The number of carbonyl (C=O) groups is 3. The summed E-state index contributed by atoms with van der Waals surface area (Å²) in [6.45, 7) is 4.53. The van der Waals surface area contributed by atoms with Gasteiger partial charge in [-0.05, 0) is 0 Å². The molecule has 0 bridgehead atoms. The topological polar surface area (TPSA) is 141 Å². The maximum Gasteiger partial charge on any atom is 0.114 e. The lowest BCUT2D eigenvalue weighted by Crippen LogP contribution is -2.54. The number of unbranched alkanes of at least 4 members (excludes halogenated alkanes) is 6. The Bertz CT molecular complexity index is 317. The largest absolute Gasteiger partial charge is 0.550 e. The Morgan fingerprint density at radius 1 is 0.773 bits per heavy atom. The highest BCUT2D eigenvalue weighted by Gasteiger charge is 2.29. The Hall–Kier alpha value is -1.63. The molecule has 0 aliphatic heterocycles. The Balaban J connectivity index is 0. The minimum atomic E-state index is -2.97. The third-order valence-corrected chi connectivity index (χ3v) is 2.96. The lowest BCUT2D eigenvalue weighted by Gasteiger charge is -2.29. The molecule has 0 amide bonds. The van der Waals surface area contributed by atoms with Crippen molar-refractivity contribution in [2.75, 3.05) is 0 Å². The number of aliphatic carboxylic acids is 3. The van der Waals surface area contributed by atoms with E-state index >= 15 is 0 Å². The van der Waals surface area contributed by atoms with Crippen LogP contribution in [0.1, 0.15) is 71.6 Å². The van der Waals surface area contributed by atoms with Gasteiger partial charge in [0.15, 0.2) is 0 Å². The van der Waals surface area contributed by atoms with Crippen molar-refractivity contribution in [1.82, 2.24) is 0 Å². The van der Waals surface area contributed by atoms with E-state index in [1.807, 2.05) is 0 Å². The summed E-state index contributed by atoms with van der Waals surface area (Å²) in [5.74, 6) is -5.98. The average Bonchev–Trinajstić information content (AvgIpc) is 2.37.